The zero-order valence-corrected chi connectivity index (χ0v) is 19.2. The van der Waals surface area contributed by atoms with Crippen molar-refractivity contribution in [3.63, 3.8) is 0 Å². The molecule has 0 aliphatic carbocycles. The summed E-state index contributed by atoms with van der Waals surface area (Å²) in [6, 6.07) is 12.1. The fourth-order valence-electron chi connectivity index (χ4n) is 3.07. The summed E-state index contributed by atoms with van der Waals surface area (Å²) >= 11 is 1.53. The SMILES string of the molecule is COc1cccc2sc(N(CCN(C)C)C(=O)Cc3cc(C)ccc3C)nc12.Cl. The van der Waals surface area contributed by atoms with Gasteiger partial charge in [-0.05, 0) is 51.2 Å². The van der Waals surface area contributed by atoms with Gasteiger partial charge in [-0.3, -0.25) is 9.69 Å². The minimum absolute atomic E-state index is 0. The van der Waals surface area contributed by atoms with Crippen LogP contribution in [-0.2, 0) is 11.2 Å². The lowest BCUT2D eigenvalue weighted by Crippen LogP contribution is -2.37. The number of ether oxygens (including phenoxy) is 1. The number of halogens is 1. The number of thiazole rings is 1. The van der Waals surface area contributed by atoms with Gasteiger partial charge in [0.15, 0.2) is 5.13 Å². The number of carbonyl (C=O) groups is 1. The number of nitrogens with zero attached hydrogens (tertiary/aromatic N) is 3. The summed E-state index contributed by atoms with van der Waals surface area (Å²) in [5.41, 5.74) is 4.17. The van der Waals surface area contributed by atoms with Gasteiger partial charge in [0, 0.05) is 13.1 Å². The third-order valence-electron chi connectivity index (χ3n) is 4.74. The average Bonchev–Trinajstić information content (AvgIpc) is 3.08. The van der Waals surface area contributed by atoms with Crippen LogP contribution in [0.3, 0.4) is 0 Å². The lowest BCUT2D eigenvalue weighted by molar-refractivity contribution is -0.118. The molecular weight excluding hydrogens is 406 g/mol. The Morgan fingerprint density at radius 1 is 1.14 bits per heavy atom. The van der Waals surface area contributed by atoms with Crippen molar-refractivity contribution in [2.24, 2.45) is 0 Å². The molecule has 0 saturated heterocycles. The highest BCUT2D eigenvalue weighted by atomic mass is 35.5. The lowest BCUT2D eigenvalue weighted by Gasteiger charge is -2.22. The van der Waals surface area contributed by atoms with Crippen molar-refractivity contribution in [2.45, 2.75) is 20.3 Å². The van der Waals surface area contributed by atoms with E-state index in [-0.39, 0.29) is 18.3 Å². The number of aryl methyl sites for hydroxylation is 2. The van der Waals surface area contributed by atoms with E-state index < -0.39 is 0 Å². The Morgan fingerprint density at radius 3 is 2.59 bits per heavy atom. The Morgan fingerprint density at radius 2 is 1.90 bits per heavy atom. The molecule has 7 heteroatoms. The van der Waals surface area contributed by atoms with Crippen molar-refractivity contribution < 1.29 is 9.53 Å². The molecule has 156 valence electrons. The van der Waals surface area contributed by atoms with E-state index in [2.05, 4.69) is 36.9 Å². The molecule has 0 spiro atoms. The molecule has 0 atom stereocenters. The van der Waals surface area contributed by atoms with Gasteiger partial charge in [0.25, 0.3) is 0 Å². The highest BCUT2D eigenvalue weighted by molar-refractivity contribution is 7.22. The van der Waals surface area contributed by atoms with Gasteiger partial charge in [0.2, 0.25) is 5.91 Å². The zero-order valence-electron chi connectivity index (χ0n) is 17.6. The van der Waals surface area contributed by atoms with E-state index >= 15 is 0 Å². The van der Waals surface area contributed by atoms with Crippen LogP contribution in [0, 0.1) is 13.8 Å². The highest BCUT2D eigenvalue weighted by Crippen LogP contribution is 2.34. The molecule has 1 amide bonds. The number of hydrogen-bond acceptors (Lipinski definition) is 5. The maximum absolute atomic E-state index is 13.3. The van der Waals surface area contributed by atoms with Crippen LogP contribution in [0.1, 0.15) is 16.7 Å². The third kappa shape index (κ3) is 5.47. The number of para-hydroxylation sites is 1. The van der Waals surface area contributed by atoms with Gasteiger partial charge in [0.05, 0.1) is 18.2 Å². The molecule has 5 nitrogen and oxygen atoms in total. The van der Waals surface area contributed by atoms with E-state index in [1.54, 1.807) is 7.11 Å². The van der Waals surface area contributed by atoms with Crippen molar-refractivity contribution in [1.82, 2.24) is 9.88 Å². The molecule has 3 rings (SSSR count). The van der Waals surface area contributed by atoms with E-state index in [0.717, 1.165) is 44.3 Å². The van der Waals surface area contributed by atoms with E-state index in [4.69, 9.17) is 9.72 Å². The first-order valence-corrected chi connectivity index (χ1v) is 10.2. The van der Waals surface area contributed by atoms with Gasteiger partial charge >= 0.3 is 0 Å². The summed E-state index contributed by atoms with van der Waals surface area (Å²) in [6.45, 7) is 5.47. The van der Waals surface area contributed by atoms with E-state index in [1.165, 1.54) is 11.3 Å². The Kier molecular flexibility index (Phi) is 8.02. The maximum Gasteiger partial charge on any atom is 0.233 e. The highest BCUT2D eigenvalue weighted by Gasteiger charge is 2.21. The van der Waals surface area contributed by atoms with Gasteiger partial charge in [0.1, 0.15) is 11.3 Å². The standard InChI is InChI=1S/C22H27N3O2S.ClH/c1-15-9-10-16(2)17(13-15)14-20(26)25(12-11-24(3)4)22-23-21-18(27-5)7-6-8-19(21)28-22;/h6-10,13H,11-12,14H2,1-5H3;1H. The number of amides is 1. The first-order valence-electron chi connectivity index (χ1n) is 9.34. The molecule has 2 aromatic carbocycles. The second-order valence-electron chi connectivity index (χ2n) is 7.26. The molecule has 0 saturated carbocycles. The van der Waals surface area contributed by atoms with Crippen LogP contribution in [0.4, 0.5) is 5.13 Å². The molecule has 0 N–H and O–H groups in total. The van der Waals surface area contributed by atoms with Gasteiger partial charge in [-0.2, -0.15) is 0 Å². The van der Waals surface area contributed by atoms with Crippen LogP contribution in [0.5, 0.6) is 5.75 Å². The topological polar surface area (TPSA) is 45.7 Å². The summed E-state index contributed by atoms with van der Waals surface area (Å²) in [5, 5.41) is 0.719. The van der Waals surface area contributed by atoms with Gasteiger partial charge in [-0.1, -0.05) is 41.2 Å². The predicted molar refractivity (Wildman–Crippen MR) is 124 cm³/mol. The zero-order chi connectivity index (χ0) is 20.3. The first-order chi connectivity index (χ1) is 13.4. The summed E-state index contributed by atoms with van der Waals surface area (Å²) in [7, 11) is 5.66. The quantitative estimate of drug-likeness (QED) is 0.551. The molecule has 0 aliphatic heterocycles. The molecule has 1 aromatic heterocycles. The summed E-state index contributed by atoms with van der Waals surface area (Å²) in [6.07, 6.45) is 0.369. The maximum atomic E-state index is 13.3. The normalized spacial score (nSPS) is 10.8. The van der Waals surface area contributed by atoms with Crippen LogP contribution < -0.4 is 9.64 Å². The fraction of sp³-hybridized carbons (Fsp3) is 0.364. The number of anilines is 1. The minimum Gasteiger partial charge on any atom is -0.494 e. The lowest BCUT2D eigenvalue weighted by atomic mass is 10.0. The first kappa shape index (κ1) is 23.1. The van der Waals surface area contributed by atoms with Gasteiger partial charge in [-0.25, -0.2) is 4.98 Å². The molecule has 29 heavy (non-hydrogen) atoms. The molecule has 0 radical (unpaired) electrons. The Hall–Kier alpha value is -2.15. The Labute approximate surface area is 182 Å². The fourth-order valence-corrected chi connectivity index (χ4v) is 4.09. The van der Waals surface area contributed by atoms with E-state index in [0.29, 0.717) is 13.0 Å². The van der Waals surface area contributed by atoms with E-state index in [9.17, 15) is 4.79 Å². The molecule has 0 fully saturated rings. The smallest absolute Gasteiger partial charge is 0.233 e. The van der Waals surface area contributed by atoms with Gasteiger partial charge in [-0.15, -0.1) is 12.4 Å². The number of rotatable bonds is 7. The molecule has 1 heterocycles. The predicted octanol–water partition coefficient (Wildman–Crippen LogP) is 4.48. The van der Waals surface area contributed by atoms with Crippen molar-refractivity contribution in [3.8, 4) is 5.75 Å². The van der Waals surface area contributed by atoms with Crippen molar-refractivity contribution in [2.75, 3.05) is 39.2 Å². The summed E-state index contributed by atoms with van der Waals surface area (Å²) < 4.78 is 6.45. The van der Waals surface area contributed by atoms with Gasteiger partial charge < -0.3 is 9.64 Å². The third-order valence-corrected chi connectivity index (χ3v) is 5.78. The van der Waals surface area contributed by atoms with Crippen LogP contribution in [0.2, 0.25) is 0 Å². The molecule has 0 bridgehead atoms. The van der Waals surface area contributed by atoms with Crippen molar-refractivity contribution >= 4 is 45.0 Å². The second kappa shape index (κ2) is 10.1. The van der Waals surface area contributed by atoms with Crippen molar-refractivity contribution in [1.29, 1.82) is 0 Å². The summed E-state index contributed by atoms with van der Waals surface area (Å²) in [4.78, 5) is 21.9. The minimum atomic E-state index is 0. The number of hydrogen-bond donors (Lipinski definition) is 0. The van der Waals surface area contributed by atoms with E-state index in [1.807, 2.05) is 37.2 Å². The molecule has 3 aromatic rings. The second-order valence-corrected chi connectivity index (χ2v) is 8.27. The average molecular weight is 434 g/mol. The molecule has 0 aliphatic rings. The largest absolute Gasteiger partial charge is 0.494 e. The van der Waals surface area contributed by atoms with Crippen LogP contribution in [0.25, 0.3) is 10.2 Å². The molecule has 0 unspecified atom stereocenters. The van der Waals surface area contributed by atoms with Crippen molar-refractivity contribution in [3.05, 3.63) is 53.1 Å². The van der Waals surface area contributed by atoms with Crippen LogP contribution >= 0.6 is 23.7 Å². The number of fused-ring (bicyclic) bond motifs is 1. The number of aromatic nitrogens is 1. The number of methoxy groups -OCH3 is 1. The van der Waals surface area contributed by atoms with Crippen LogP contribution in [0.15, 0.2) is 36.4 Å². The number of carbonyl (C=O) groups excluding carboxylic acids is 1. The molecular formula is C22H28ClN3O2S. The Balaban J connectivity index is 0.00000300. The monoisotopic (exact) mass is 433 g/mol. The summed E-state index contributed by atoms with van der Waals surface area (Å²) in [5.74, 6) is 0.795. The van der Waals surface area contributed by atoms with Crippen LogP contribution in [-0.4, -0.2) is 50.1 Å². The number of likely N-dealkylation sites (N-methyl/N-ethyl adjacent to an activating group) is 1. The Bertz CT molecular complexity index is 987. The number of benzene rings is 2.